The molecule has 0 unspecified atom stereocenters. The predicted molar refractivity (Wildman–Crippen MR) is 99.8 cm³/mol. The third kappa shape index (κ3) is 5.12. The summed E-state index contributed by atoms with van der Waals surface area (Å²) in [4.78, 5) is 26.2. The topological polar surface area (TPSA) is 49.4 Å². The van der Waals surface area contributed by atoms with Crippen LogP contribution >= 0.6 is 0 Å². The molecule has 1 heterocycles. The molecule has 3 rings (SSSR count). The highest BCUT2D eigenvalue weighted by atomic mass is 19.4. The van der Waals surface area contributed by atoms with E-state index in [0.717, 1.165) is 35.2 Å². The third-order valence-electron chi connectivity index (χ3n) is 4.75. The second kappa shape index (κ2) is 8.46. The molecule has 0 fully saturated rings. The number of amides is 2. The molecule has 4 nitrogen and oxygen atoms in total. The molecule has 1 aliphatic heterocycles. The van der Waals surface area contributed by atoms with Crippen molar-refractivity contribution in [2.75, 3.05) is 11.4 Å². The van der Waals surface area contributed by atoms with Gasteiger partial charge in [-0.1, -0.05) is 42.5 Å². The van der Waals surface area contributed by atoms with Crippen LogP contribution in [0.1, 0.15) is 29.5 Å². The van der Waals surface area contributed by atoms with E-state index < -0.39 is 18.6 Å². The van der Waals surface area contributed by atoms with Gasteiger partial charge in [0.05, 0.1) is 6.54 Å². The van der Waals surface area contributed by atoms with Gasteiger partial charge in [0.25, 0.3) is 0 Å². The van der Waals surface area contributed by atoms with E-state index in [-0.39, 0.29) is 18.7 Å². The molecule has 2 aromatic rings. The normalized spacial score (nSPS) is 13.8. The van der Waals surface area contributed by atoms with Crippen LogP contribution in [0.5, 0.6) is 0 Å². The number of halogens is 3. The molecule has 1 N–H and O–H groups in total. The van der Waals surface area contributed by atoms with Crippen molar-refractivity contribution >= 4 is 17.5 Å². The molecule has 0 saturated heterocycles. The number of carbonyl (C=O) groups excluding carboxylic acids is 2. The van der Waals surface area contributed by atoms with Gasteiger partial charge >= 0.3 is 6.18 Å². The first-order valence-electron chi connectivity index (χ1n) is 9.12. The number of carbonyl (C=O) groups is 2. The van der Waals surface area contributed by atoms with Gasteiger partial charge in [-0.15, -0.1) is 0 Å². The summed E-state index contributed by atoms with van der Waals surface area (Å²) in [6.07, 6.45) is -3.25. The van der Waals surface area contributed by atoms with Crippen LogP contribution in [0.15, 0.2) is 48.5 Å². The number of hydrogen-bond donors (Lipinski definition) is 1. The number of nitrogens with one attached hydrogen (secondary N) is 1. The van der Waals surface area contributed by atoms with Crippen LogP contribution in [0.3, 0.4) is 0 Å². The van der Waals surface area contributed by atoms with Crippen LogP contribution in [-0.2, 0) is 29.0 Å². The van der Waals surface area contributed by atoms with E-state index in [2.05, 4.69) is 0 Å². The van der Waals surface area contributed by atoms with Crippen molar-refractivity contribution in [1.82, 2.24) is 5.32 Å². The summed E-state index contributed by atoms with van der Waals surface area (Å²) in [6.45, 7) is -1.02. The second-order valence-electron chi connectivity index (χ2n) is 6.77. The van der Waals surface area contributed by atoms with E-state index in [9.17, 15) is 22.8 Å². The van der Waals surface area contributed by atoms with E-state index >= 15 is 0 Å². The standard InChI is InChI=1S/C21H21F3N2O2/c22-21(23,24)14-25-19(27)11-12-20(28)26-13-17-7-2-1-5-15(17)9-10-16-6-3-4-8-18(16)26/h1-8H,9-14H2,(H,25,27). The highest BCUT2D eigenvalue weighted by molar-refractivity contribution is 5.96. The number of aryl methyl sites for hydroxylation is 2. The zero-order chi connectivity index (χ0) is 20.1. The first-order chi connectivity index (χ1) is 13.3. The van der Waals surface area contributed by atoms with Crippen molar-refractivity contribution in [2.24, 2.45) is 0 Å². The average molecular weight is 390 g/mol. The smallest absolute Gasteiger partial charge is 0.347 e. The van der Waals surface area contributed by atoms with Gasteiger partial charge in [0.1, 0.15) is 6.54 Å². The van der Waals surface area contributed by atoms with Crippen molar-refractivity contribution < 1.29 is 22.8 Å². The number of hydrogen-bond acceptors (Lipinski definition) is 2. The molecule has 0 atom stereocenters. The third-order valence-corrected chi connectivity index (χ3v) is 4.75. The van der Waals surface area contributed by atoms with Crippen molar-refractivity contribution in [3.63, 3.8) is 0 Å². The minimum absolute atomic E-state index is 0.153. The van der Waals surface area contributed by atoms with Crippen molar-refractivity contribution in [2.45, 2.75) is 38.4 Å². The van der Waals surface area contributed by atoms with Gasteiger partial charge < -0.3 is 10.2 Å². The van der Waals surface area contributed by atoms with Gasteiger partial charge in [-0.25, -0.2) is 0 Å². The molecule has 148 valence electrons. The Balaban J connectivity index is 1.74. The molecule has 0 bridgehead atoms. The summed E-state index contributed by atoms with van der Waals surface area (Å²) in [7, 11) is 0. The van der Waals surface area contributed by atoms with Crippen LogP contribution in [-0.4, -0.2) is 24.5 Å². The highest BCUT2D eigenvalue weighted by Crippen LogP contribution is 2.29. The van der Waals surface area contributed by atoms with Crippen molar-refractivity contribution in [3.8, 4) is 0 Å². The van der Waals surface area contributed by atoms with Crippen molar-refractivity contribution in [1.29, 1.82) is 0 Å². The predicted octanol–water partition coefficient (Wildman–Crippen LogP) is 3.78. The molecular weight excluding hydrogens is 369 g/mol. The Hall–Kier alpha value is -2.83. The van der Waals surface area contributed by atoms with Crippen LogP contribution in [0, 0.1) is 0 Å². The monoisotopic (exact) mass is 390 g/mol. The second-order valence-corrected chi connectivity index (χ2v) is 6.77. The fraction of sp³-hybridized carbons (Fsp3) is 0.333. The lowest BCUT2D eigenvalue weighted by Crippen LogP contribution is -2.36. The van der Waals surface area contributed by atoms with Crippen molar-refractivity contribution in [3.05, 3.63) is 65.2 Å². The van der Waals surface area contributed by atoms with E-state index in [4.69, 9.17) is 0 Å². The molecule has 1 aliphatic rings. The Labute approximate surface area is 161 Å². The summed E-state index contributed by atoms with van der Waals surface area (Å²) in [5.41, 5.74) is 4.02. The van der Waals surface area contributed by atoms with Crippen LogP contribution in [0.4, 0.5) is 18.9 Å². The lowest BCUT2D eigenvalue weighted by atomic mass is 9.95. The van der Waals surface area contributed by atoms with E-state index in [0.29, 0.717) is 6.54 Å². The Kier molecular flexibility index (Phi) is 6.02. The molecule has 0 saturated carbocycles. The molecule has 0 spiro atoms. The maximum absolute atomic E-state index is 12.9. The van der Waals surface area contributed by atoms with Gasteiger partial charge in [0.2, 0.25) is 11.8 Å². The molecule has 28 heavy (non-hydrogen) atoms. The summed E-state index contributed by atoms with van der Waals surface area (Å²) >= 11 is 0. The molecule has 2 amide bonds. The fourth-order valence-electron chi connectivity index (χ4n) is 3.33. The summed E-state index contributed by atoms with van der Waals surface area (Å²) in [5, 5.41) is 1.80. The number of rotatable bonds is 4. The number of alkyl halides is 3. The highest BCUT2D eigenvalue weighted by Gasteiger charge is 2.28. The van der Waals surface area contributed by atoms with Gasteiger partial charge in [0, 0.05) is 18.5 Å². The largest absolute Gasteiger partial charge is 0.405 e. The Morgan fingerprint density at radius 1 is 0.893 bits per heavy atom. The SMILES string of the molecule is O=C(CCC(=O)N1Cc2ccccc2CCc2ccccc21)NCC(F)(F)F. The first kappa shape index (κ1) is 19.9. The summed E-state index contributed by atoms with van der Waals surface area (Å²) in [5.74, 6) is -1.07. The lowest BCUT2D eigenvalue weighted by molar-refractivity contribution is -0.138. The van der Waals surface area contributed by atoms with Crippen LogP contribution in [0.25, 0.3) is 0 Å². The number of anilines is 1. The maximum atomic E-state index is 12.9. The molecule has 2 aromatic carbocycles. The van der Waals surface area contributed by atoms with Gasteiger partial charge in [0.15, 0.2) is 0 Å². The molecule has 0 aliphatic carbocycles. The zero-order valence-corrected chi connectivity index (χ0v) is 15.3. The van der Waals surface area contributed by atoms with Crippen LogP contribution in [0.2, 0.25) is 0 Å². The van der Waals surface area contributed by atoms with Crippen LogP contribution < -0.4 is 10.2 Å². The maximum Gasteiger partial charge on any atom is 0.405 e. The fourth-order valence-corrected chi connectivity index (χ4v) is 3.33. The number of fused-ring (bicyclic) bond motifs is 2. The minimum atomic E-state index is -4.47. The van der Waals surface area contributed by atoms with Gasteiger partial charge in [-0.3, -0.25) is 9.59 Å². The van der Waals surface area contributed by atoms with E-state index in [1.54, 1.807) is 10.2 Å². The summed E-state index contributed by atoms with van der Waals surface area (Å²) in [6, 6.07) is 15.5. The zero-order valence-electron chi connectivity index (χ0n) is 15.3. The number of nitrogens with zero attached hydrogens (tertiary/aromatic N) is 1. The Morgan fingerprint density at radius 3 is 2.21 bits per heavy atom. The molecule has 7 heteroatoms. The average Bonchev–Trinajstić information content (AvgIpc) is 2.65. The molecule has 0 radical (unpaired) electrons. The van der Waals surface area contributed by atoms with E-state index in [1.807, 2.05) is 48.5 Å². The first-order valence-corrected chi connectivity index (χ1v) is 9.12. The molecule has 0 aromatic heterocycles. The lowest BCUT2D eigenvalue weighted by Gasteiger charge is -2.29. The quantitative estimate of drug-likeness (QED) is 0.864. The van der Waals surface area contributed by atoms with Gasteiger partial charge in [-0.05, 0) is 35.6 Å². The van der Waals surface area contributed by atoms with E-state index in [1.165, 1.54) is 0 Å². The Morgan fingerprint density at radius 2 is 1.50 bits per heavy atom. The summed E-state index contributed by atoms with van der Waals surface area (Å²) < 4.78 is 36.6. The van der Waals surface area contributed by atoms with Gasteiger partial charge in [-0.2, -0.15) is 13.2 Å². The Bertz CT molecular complexity index is 865. The number of para-hydroxylation sites is 1. The molecular formula is C21H21F3N2O2. The minimum Gasteiger partial charge on any atom is -0.347 e. The number of benzene rings is 2.